The molecule has 0 aliphatic rings. The van der Waals surface area contributed by atoms with Crippen LogP contribution in [0.1, 0.15) is 19.8 Å². The molecule has 0 radical (unpaired) electrons. The van der Waals surface area contributed by atoms with Gasteiger partial charge in [-0.1, -0.05) is 13.3 Å². The summed E-state index contributed by atoms with van der Waals surface area (Å²) in [6, 6.07) is 0. The van der Waals surface area contributed by atoms with Crippen LogP contribution >= 0.6 is 30.3 Å². The van der Waals surface area contributed by atoms with E-state index in [0.717, 1.165) is 6.54 Å². The maximum absolute atomic E-state index is 4.89. The molecule has 0 fully saturated rings. The number of hydrogen-bond acceptors (Lipinski definition) is 0. The van der Waals surface area contributed by atoms with Gasteiger partial charge in [0.25, 0.3) is 0 Å². The van der Waals surface area contributed by atoms with Gasteiger partial charge in [0, 0.05) is 0 Å². The molecule has 0 saturated carbocycles. The first-order valence-corrected chi connectivity index (χ1v) is 8.80. The van der Waals surface area contributed by atoms with E-state index in [1.54, 1.807) is 0 Å². The number of hydrogen-bond donors (Lipinski definition) is 0. The van der Waals surface area contributed by atoms with Crippen LogP contribution in [0.15, 0.2) is 18.7 Å². The fourth-order valence-electron chi connectivity index (χ4n) is 0.975. The number of aromatic nitrogens is 2. The molecule has 6 heteroatoms. The van der Waals surface area contributed by atoms with Crippen molar-refractivity contribution in [1.82, 2.24) is 4.57 Å². The maximum atomic E-state index is 4.89. The van der Waals surface area contributed by atoms with Crippen LogP contribution in [0.5, 0.6) is 0 Å². The van der Waals surface area contributed by atoms with E-state index in [4.69, 9.17) is 30.3 Å². The van der Waals surface area contributed by atoms with Crippen molar-refractivity contribution >= 4 is 30.3 Å². The molecule has 0 unspecified atom stereocenters. The van der Waals surface area contributed by atoms with Crippen molar-refractivity contribution in [2.75, 3.05) is 0 Å². The van der Waals surface area contributed by atoms with E-state index in [9.17, 15) is 0 Å². The molecule has 0 bridgehead atoms. The molecular formula is C8H15Cl3FeN2+. The summed E-state index contributed by atoms with van der Waals surface area (Å²) < 4.78 is 4.28. The van der Waals surface area contributed by atoms with Gasteiger partial charge >= 0.3 is 41.5 Å². The molecule has 1 aromatic rings. The monoisotopic (exact) mass is 300 g/mol. The summed E-state index contributed by atoms with van der Waals surface area (Å²) in [4.78, 5) is 0. The van der Waals surface area contributed by atoms with Crippen LogP contribution in [0.25, 0.3) is 0 Å². The molecule has 2 nitrogen and oxygen atoms in total. The van der Waals surface area contributed by atoms with Crippen LogP contribution in [-0.2, 0) is 24.8 Å². The molecule has 0 N–H and O–H groups in total. The molecule has 1 heterocycles. The van der Waals surface area contributed by atoms with Gasteiger partial charge in [-0.25, -0.2) is 9.13 Å². The van der Waals surface area contributed by atoms with Gasteiger partial charge < -0.3 is 0 Å². The predicted molar refractivity (Wildman–Crippen MR) is 58.1 cm³/mol. The molecule has 0 atom stereocenters. The Morgan fingerprint density at radius 1 is 1.36 bits per heavy atom. The molecule has 85 valence electrons. The Labute approximate surface area is 102 Å². The summed E-state index contributed by atoms with van der Waals surface area (Å²) in [5, 5.41) is 0. The van der Waals surface area contributed by atoms with Crippen LogP contribution in [-0.4, -0.2) is 4.57 Å². The standard InChI is InChI=1S/C8H15N2.3ClH.Fe/c1-3-4-5-10-7-6-9(2)8-10;;;;/h6-8H,3-5H2,1-2H3;3*1H;/q+1;;;;+3/p-3. The Morgan fingerprint density at radius 2 is 1.93 bits per heavy atom. The van der Waals surface area contributed by atoms with Crippen molar-refractivity contribution in [3.05, 3.63) is 18.7 Å². The average molecular weight is 301 g/mol. The van der Waals surface area contributed by atoms with Crippen molar-refractivity contribution in [3.8, 4) is 0 Å². The number of nitrogens with zero attached hydrogens (tertiary/aromatic N) is 2. The summed E-state index contributed by atoms with van der Waals surface area (Å²) in [5.41, 5.74) is 0. The van der Waals surface area contributed by atoms with Gasteiger partial charge in [-0.2, -0.15) is 0 Å². The van der Waals surface area contributed by atoms with E-state index in [2.05, 4.69) is 34.8 Å². The van der Waals surface area contributed by atoms with E-state index in [1.807, 2.05) is 7.05 Å². The molecule has 1 rings (SSSR count). The summed E-state index contributed by atoms with van der Waals surface area (Å²) in [5.74, 6) is 0. The van der Waals surface area contributed by atoms with Crippen LogP contribution in [0.4, 0.5) is 0 Å². The topological polar surface area (TPSA) is 8.81 Å². The van der Waals surface area contributed by atoms with Crippen LogP contribution in [0.3, 0.4) is 0 Å². The first-order chi connectivity index (χ1) is 6.56. The molecule has 0 amide bonds. The van der Waals surface area contributed by atoms with E-state index in [-0.39, 0.29) is 0 Å². The van der Waals surface area contributed by atoms with E-state index in [0.29, 0.717) is 0 Å². The van der Waals surface area contributed by atoms with Gasteiger partial charge in [0.15, 0.2) is 0 Å². The van der Waals surface area contributed by atoms with Gasteiger partial charge in [-0.15, -0.1) is 0 Å². The number of rotatable bonds is 3. The third-order valence-corrected chi connectivity index (χ3v) is 1.59. The van der Waals surface area contributed by atoms with Crippen LogP contribution in [0, 0.1) is 0 Å². The van der Waals surface area contributed by atoms with Gasteiger partial charge in [-0.05, 0) is 6.42 Å². The second kappa shape index (κ2) is 8.87. The van der Waals surface area contributed by atoms with Crippen molar-refractivity contribution in [3.63, 3.8) is 0 Å². The van der Waals surface area contributed by atoms with Gasteiger partial charge in [0.1, 0.15) is 12.4 Å². The minimum atomic E-state index is -1.33. The normalized spacial score (nSPS) is 10.5. The zero-order chi connectivity index (χ0) is 11.0. The molecule has 0 aromatic carbocycles. The predicted octanol–water partition coefficient (Wildman–Crippen LogP) is 3.18. The molecule has 0 aliphatic heterocycles. The third-order valence-electron chi connectivity index (χ3n) is 1.59. The molecule has 0 saturated heterocycles. The average Bonchev–Trinajstić information content (AvgIpc) is 2.47. The number of aryl methyl sites for hydroxylation is 2. The van der Waals surface area contributed by atoms with Crippen LogP contribution in [0.2, 0.25) is 0 Å². The first-order valence-electron chi connectivity index (χ1n) is 4.24. The van der Waals surface area contributed by atoms with E-state index in [1.165, 1.54) is 12.8 Å². The summed E-state index contributed by atoms with van der Waals surface area (Å²) in [7, 11) is 16.7. The SMILES string of the molecule is CCCC[n+]1ccn(C)c1.[Cl][Fe]([Cl])[Cl]. The minimum absolute atomic E-state index is 1.15. The second-order valence-electron chi connectivity index (χ2n) is 2.82. The fraction of sp³-hybridized carbons (Fsp3) is 0.625. The third kappa shape index (κ3) is 9.17. The Morgan fingerprint density at radius 3 is 2.29 bits per heavy atom. The Hall–Kier alpha value is 0.599. The Balaban J connectivity index is 0.000000364. The number of imidazole rings is 1. The summed E-state index contributed by atoms with van der Waals surface area (Å²) in [6.45, 7) is 3.36. The Bertz CT molecular complexity index is 237. The van der Waals surface area contributed by atoms with Crippen LogP contribution < -0.4 is 4.57 Å². The quantitative estimate of drug-likeness (QED) is 0.599. The molecule has 0 spiro atoms. The number of unbranched alkanes of at least 4 members (excludes halogenated alkanes) is 1. The second-order valence-corrected chi connectivity index (χ2v) is 8.29. The van der Waals surface area contributed by atoms with Crippen molar-refractivity contribution in [1.29, 1.82) is 0 Å². The van der Waals surface area contributed by atoms with Crippen molar-refractivity contribution in [2.24, 2.45) is 7.05 Å². The van der Waals surface area contributed by atoms with E-state index >= 15 is 0 Å². The van der Waals surface area contributed by atoms with Gasteiger partial charge in [-0.3, -0.25) is 0 Å². The van der Waals surface area contributed by atoms with Crippen molar-refractivity contribution < 1.29 is 15.7 Å². The fourth-order valence-corrected chi connectivity index (χ4v) is 0.975. The van der Waals surface area contributed by atoms with Gasteiger partial charge in [0.2, 0.25) is 6.33 Å². The Kier molecular flexibility index (Phi) is 9.25. The molecular weight excluding hydrogens is 286 g/mol. The van der Waals surface area contributed by atoms with Crippen molar-refractivity contribution in [2.45, 2.75) is 26.3 Å². The van der Waals surface area contributed by atoms with E-state index < -0.39 is 11.2 Å². The zero-order valence-corrected chi connectivity index (χ0v) is 11.6. The molecule has 0 aliphatic carbocycles. The zero-order valence-electron chi connectivity index (χ0n) is 8.24. The summed E-state index contributed by atoms with van der Waals surface area (Å²) in [6.07, 6.45) is 8.82. The molecule has 1 aromatic heterocycles. The first kappa shape index (κ1) is 14.6. The summed E-state index contributed by atoms with van der Waals surface area (Å²) >= 11 is -1.33. The molecule has 14 heavy (non-hydrogen) atoms. The van der Waals surface area contributed by atoms with Gasteiger partial charge in [0.05, 0.1) is 13.6 Å². The number of halogens is 3.